The fraction of sp³-hybridized carbons (Fsp3) is 0.440. The van der Waals surface area contributed by atoms with Crippen LogP contribution in [0.5, 0.6) is 0 Å². The zero-order valence-electron chi connectivity index (χ0n) is 18.6. The molecule has 1 aliphatic rings. The Labute approximate surface area is 182 Å². The van der Waals surface area contributed by atoms with E-state index in [1.807, 2.05) is 37.6 Å². The van der Waals surface area contributed by atoms with E-state index >= 15 is 0 Å². The summed E-state index contributed by atoms with van der Waals surface area (Å²) < 4.78 is 5.66. The van der Waals surface area contributed by atoms with Crippen LogP contribution in [0.25, 0.3) is 0 Å². The van der Waals surface area contributed by atoms with E-state index in [1.165, 1.54) is 5.57 Å². The highest BCUT2D eigenvalue weighted by atomic mass is 16.5. The minimum absolute atomic E-state index is 0.504. The Bertz CT molecular complexity index is 657. The third-order valence-corrected chi connectivity index (χ3v) is 4.39. The van der Waals surface area contributed by atoms with Crippen molar-refractivity contribution < 1.29 is 9.84 Å². The molecule has 4 N–H and O–H groups in total. The molecule has 0 saturated carbocycles. The number of rotatable bonds is 16. The van der Waals surface area contributed by atoms with Gasteiger partial charge in [0.1, 0.15) is 18.6 Å². The lowest BCUT2D eigenvalue weighted by molar-refractivity contribution is 0.133. The number of likely N-dealkylation sites (N-methyl/N-ethyl adjacent to an activating group) is 1. The molecule has 0 saturated heterocycles. The van der Waals surface area contributed by atoms with Gasteiger partial charge in [-0.25, -0.2) is 0 Å². The van der Waals surface area contributed by atoms with Crippen LogP contribution in [0, 0.1) is 0 Å². The molecule has 0 aromatic carbocycles. The zero-order chi connectivity index (χ0) is 21.9. The Hall–Kier alpha value is -2.34. The average molecular weight is 414 g/mol. The smallest absolute Gasteiger partial charge is 0.118 e. The summed E-state index contributed by atoms with van der Waals surface area (Å²) in [4.78, 5) is 0. The number of ether oxygens (including phenoxy) is 1. The zero-order valence-corrected chi connectivity index (χ0v) is 18.6. The monoisotopic (exact) mass is 413 g/mol. The summed E-state index contributed by atoms with van der Waals surface area (Å²) in [7, 11) is 1.87. The van der Waals surface area contributed by atoms with Gasteiger partial charge < -0.3 is 20.5 Å². The van der Waals surface area contributed by atoms with Gasteiger partial charge in [0.2, 0.25) is 0 Å². The average Bonchev–Trinajstić information content (AvgIpc) is 2.77. The molecule has 0 aromatic heterocycles. The van der Waals surface area contributed by atoms with Gasteiger partial charge in [0.05, 0.1) is 0 Å². The molecule has 0 spiro atoms. The topological polar surface area (TPSA) is 65.5 Å². The molecule has 1 atom stereocenters. The number of allylic oxidation sites excluding steroid dienone is 9. The molecule has 30 heavy (non-hydrogen) atoms. The first kappa shape index (κ1) is 25.7. The Morgan fingerprint density at radius 2 is 2.20 bits per heavy atom. The highest BCUT2D eigenvalue weighted by Gasteiger charge is 2.03. The Balaban J connectivity index is 2.39. The lowest BCUT2D eigenvalue weighted by Gasteiger charge is -2.13. The first-order valence-electron chi connectivity index (χ1n) is 10.8. The van der Waals surface area contributed by atoms with E-state index in [0.29, 0.717) is 19.6 Å². The van der Waals surface area contributed by atoms with Gasteiger partial charge in [-0.15, -0.1) is 0 Å². The van der Waals surface area contributed by atoms with Gasteiger partial charge in [0.15, 0.2) is 0 Å². The van der Waals surface area contributed by atoms with Gasteiger partial charge in [0.25, 0.3) is 0 Å². The molecule has 0 bridgehead atoms. The van der Waals surface area contributed by atoms with E-state index in [0.717, 1.165) is 43.7 Å². The van der Waals surface area contributed by atoms with Gasteiger partial charge in [-0.05, 0) is 55.5 Å². The molecule has 1 unspecified atom stereocenters. The molecule has 0 aliphatic heterocycles. The summed E-state index contributed by atoms with van der Waals surface area (Å²) in [6.45, 7) is 8.93. The van der Waals surface area contributed by atoms with Gasteiger partial charge >= 0.3 is 0 Å². The Morgan fingerprint density at radius 1 is 1.33 bits per heavy atom. The molecule has 5 heteroatoms. The van der Waals surface area contributed by atoms with Crippen molar-refractivity contribution in [3.8, 4) is 0 Å². The second kappa shape index (κ2) is 17.5. The van der Waals surface area contributed by atoms with E-state index < -0.39 is 6.23 Å². The maximum atomic E-state index is 10.1. The van der Waals surface area contributed by atoms with Crippen molar-refractivity contribution in [2.24, 2.45) is 0 Å². The van der Waals surface area contributed by atoms with Crippen molar-refractivity contribution in [1.29, 1.82) is 0 Å². The molecule has 1 aliphatic carbocycles. The summed E-state index contributed by atoms with van der Waals surface area (Å²) in [6, 6.07) is 0. The van der Waals surface area contributed by atoms with E-state index in [2.05, 4.69) is 53.8 Å². The van der Waals surface area contributed by atoms with Crippen molar-refractivity contribution in [2.45, 2.75) is 38.8 Å². The van der Waals surface area contributed by atoms with Gasteiger partial charge in [-0.3, -0.25) is 5.32 Å². The highest BCUT2D eigenvalue weighted by Crippen LogP contribution is 2.09. The normalized spacial score (nSPS) is 16.2. The predicted octanol–water partition coefficient (Wildman–Crippen LogP) is 3.86. The summed E-state index contributed by atoms with van der Waals surface area (Å²) in [5.74, 6) is 0.745. The lowest BCUT2D eigenvalue weighted by atomic mass is 10.1. The summed E-state index contributed by atoms with van der Waals surface area (Å²) in [5, 5.41) is 19.6. The van der Waals surface area contributed by atoms with Crippen LogP contribution >= 0.6 is 0 Å². The molecule has 0 amide bonds. The van der Waals surface area contributed by atoms with Crippen LogP contribution < -0.4 is 16.0 Å². The predicted molar refractivity (Wildman–Crippen MR) is 128 cm³/mol. The van der Waals surface area contributed by atoms with Crippen molar-refractivity contribution in [2.75, 3.05) is 33.3 Å². The Morgan fingerprint density at radius 3 is 2.90 bits per heavy atom. The van der Waals surface area contributed by atoms with Crippen LogP contribution in [0.2, 0.25) is 0 Å². The molecular formula is C25H39N3O2. The quantitative estimate of drug-likeness (QED) is 0.134. The number of hydrogen-bond donors (Lipinski definition) is 4. The fourth-order valence-corrected chi connectivity index (χ4v) is 2.78. The fourth-order valence-electron chi connectivity index (χ4n) is 2.78. The molecule has 1 rings (SSSR count). The summed E-state index contributed by atoms with van der Waals surface area (Å²) >= 11 is 0. The molecule has 5 nitrogen and oxygen atoms in total. The van der Waals surface area contributed by atoms with Crippen LogP contribution in [-0.2, 0) is 4.74 Å². The van der Waals surface area contributed by atoms with E-state index in [1.54, 1.807) is 6.08 Å². The SMILES string of the molecule is C=C\C(=C/C=C/C(/C=C\CCC(O)NCC1=CCCC=C1)=C/NC)OCCNCC. The summed E-state index contributed by atoms with van der Waals surface area (Å²) in [6.07, 6.45) is 23.3. The number of nitrogens with one attached hydrogen (secondary N) is 3. The Kier molecular flexibility index (Phi) is 15.0. The molecule has 0 heterocycles. The first-order valence-corrected chi connectivity index (χ1v) is 10.8. The highest BCUT2D eigenvalue weighted by molar-refractivity contribution is 5.33. The van der Waals surface area contributed by atoms with Crippen molar-refractivity contribution in [3.63, 3.8) is 0 Å². The molecule has 166 valence electrons. The first-order chi connectivity index (χ1) is 14.7. The van der Waals surface area contributed by atoms with Crippen LogP contribution in [0.15, 0.2) is 84.4 Å². The minimum Gasteiger partial charge on any atom is -0.492 e. The van der Waals surface area contributed by atoms with E-state index in [9.17, 15) is 5.11 Å². The second-order valence-corrected chi connectivity index (χ2v) is 6.90. The molecule has 0 fully saturated rings. The number of aliphatic hydroxyl groups is 1. The van der Waals surface area contributed by atoms with Crippen LogP contribution in [-0.4, -0.2) is 44.6 Å². The molecule has 0 aromatic rings. The second-order valence-electron chi connectivity index (χ2n) is 6.90. The minimum atomic E-state index is -0.504. The third kappa shape index (κ3) is 13.0. The maximum absolute atomic E-state index is 10.1. The molecular weight excluding hydrogens is 374 g/mol. The van der Waals surface area contributed by atoms with E-state index in [-0.39, 0.29) is 0 Å². The maximum Gasteiger partial charge on any atom is 0.118 e. The van der Waals surface area contributed by atoms with E-state index in [4.69, 9.17) is 4.74 Å². The van der Waals surface area contributed by atoms with Crippen molar-refractivity contribution in [3.05, 3.63) is 84.4 Å². The van der Waals surface area contributed by atoms with Crippen LogP contribution in [0.1, 0.15) is 32.6 Å². The van der Waals surface area contributed by atoms with Crippen molar-refractivity contribution >= 4 is 0 Å². The van der Waals surface area contributed by atoms with Crippen LogP contribution in [0.3, 0.4) is 0 Å². The summed E-state index contributed by atoms with van der Waals surface area (Å²) in [5.41, 5.74) is 2.28. The van der Waals surface area contributed by atoms with Gasteiger partial charge in [-0.2, -0.15) is 0 Å². The largest absolute Gasteiger partial charge is 0.492 e. The number of hydrogen-bond acceptors (Lipinski definition) is 5. The number of aliphatic hydroxyl groups excluding tert-OH is 1. The van der Waals surface area contributed by atoms with Gasteiger partial charge in [0, 0.05) is 26.3 Å². The molecule has 0 radical (unpaired) electrons. The standard InChI is InChI=1S/C25H39N3O2/c1-4-24(30-19-18-27-5-2)16-11-15-22(20-26-3)14-9-10-17-25(29)28-21-23-12-7-6-8-13-23/h4,7,9,11-16,20,25-29H,1,5-6,8,10,17-19,21H2,2-3H3/b14-9-,15-11+,22-20+,24-16+. The third-order valence-electron chi connectivity index (χ3n) is 4.39. The van der Waals surface area contributed by atoms with Gasteiger partial charge in [-0.1, -0.05) is 56.0 Å². The van der Waals surface area contributed by atoms with Crippen LogP contribution in [0.4, 0.5) is 0 Å². The lowest BCUT2D eigenvalue weighted by Crippen LogP contribution is -2.30. The van der Waals surface area contributed by atoms with Crippen molar-refractivity contribution in [1.82, 2.24) is 16.0 Å².